The van der Waals surface area contributed by atoms with E-state index in [4.69, 9.17) is 0 Å². The van der Waals surface area contributed by atoms with Gasteiger partial charge in [-0.05, 0) is 48.6 Å². The molecule has 0 saturated heterocycles. The molecule has 91 valence electrons. The van der Waals surface area contributed by atoms with Gasteiger partial charge in [0.15, 0.2) is 0 Å². The van der Waals surface area contributed by atoms with Crippen LogP contribution >= 0.6 is 0 Å². The van der Waals surface area contributed by atoms with Crippen LogP contribution in [0.15, 0.2) is 60.7 Å². The molecular formula is C18H19. The van der Waals surface area contributed by atoms with Crippen LogP contribution in [0.3, 0.4) is 0 Å². The topological polar surface area (TPSA) is 0 Å². The molecule has 18 heavy (non-hydrogen) atoms. The van der Waals surface area contributed by atoms with Crippen molar-refractivity contribution in [1.82, 2.24) is 0 Å². The summed E-state index contributed by atoms with van der Waals surface area (Å²) in [5.41, 5.74) is 2.98. The van der Waals surface area contributed by atoms with Crippen LogP contribution in [-0.2, 0) is 0 Å². The van der Waals surface area contributed by atoms with Gasteiger partial charge in [-0.1, -0.05) is 60.7 Å². The second kappa shape index (κ2) is 5.39. The number of hydrogen-bond donors (Lipinski definition) is 0. The monoisotopic (exact) mass is 235 g/mol. The van der Waals surface area contributed by atoms with Crippen molar-refractivity contribution in [1.29, 1.82) is 0 Å². The zero-order valence-electron chi connectivity index (χ0n) is 10.6. The van der Waals surface area contributed by atoms with E-state index in [1.54, 1.807) is 0 Å². The fourth-order valence-corrected chi connectivity index (χ4v) is 3.02. The third-order valence-corrected chi connectivity index (χ3v) is 4.00. The highest BCUT2D eigenvalue weighted by atomic mass is 14.3. The van der Waals surface area contributed by atoms with Crippen LogP contribution in [0.25, 0.3) is 0 Å². The molecule has 2 atom stereocenters. The third-order valence-electron chi connectivity index (χ3n) is 4.00. The third kappa shape index (κ3) is 2.48. The fourth-order valence-electron chi connectivity index (χ4n) is 3.02. The molecule has 2 aromatic carbocycles. The molecule has 0 amide bonds. The summed E-state index contributed by atoms with van der Waals surface area (Å²) >= 11 is 0. The standard InChI is InChI=1S/C18H19/c1-3-8-15(9-4-1)17-12-7-13-18(14-17)16-10-5-2-6-11-16/h1-6,8-12,17-18H,7,13-14H2. The molecule has 2 aromatic rings. The van der Waals surface area contributed by atoms with E-state index in [1.165, 1.54) is 30.4 Å². The van der Waals surface area contributed by atoms with Crippen molar-refractivity contribution in [3.05, 3.63) is 78.2 Å². The van der Waals surface area contributed by atoms with Crippen LogP contribution in [0.1, 0.15) is 42.2 Å². The predicted molar refractivity (Wildman–Crippen MR) is 76.5 cm³/mol. The van der Waals surface area contributed by atoms with Crippen molar-refractivity contribution < 1.29 is 0 Å². The van der Waals surface area contributed by atoms with Crippen molar-refractivity contribution in [2.75, 3.05) is 0 Å². The van der Waals surface area contributed by atoms with Crippen LogP contribution in [0, 0.1) is 6.42 Å². The smallest absolute Gasteiger partial charge is 0.0125 e. The maximum atomic E-state index is 2.49. The SMILES string of the molecule is [CH]1CCC(c2ccccc2)CC1c1ccccc1. The van der Waals surface area contributed by atoms with Gasteiger partial charge < -0.3 is 0 Å². The van der Waals surface area contributed by atoms with Gasteiger partial charge in [-0.3, -0.25) is 0 Å². The van der Waals surface area contributed by atoms with Gasteiger partial charge in [0.05, 0.1) is 0 Å². The lowest BCUT2D eigenvalue weighted by Crippen LogP contribution is -2.13. The van der Waals surface area contributed by atoms with Gasteiger partial charge in [-0.25, -0.2) is 0 Å². The Morgan fingerprint density at radius 2 is 1.33 bits per heavy atom. The first kappa shape index (κ1) is 11.5. The fraction of sp³-hybridized carbons (Fsp3) is 0.278. The lowest BCUT2D eigenvalue weighted by atomic mass is 9.75. The van der Waals surface area contributed by atoms with E-state index in [0.717, 1.165) is 5.92 Å². The molecule has 0 heterocycles. The van der Waals surface area contributed by atoms with Gasteiger partial charge in [0.2, 0.25) is 0 Å². The van der Waals surface area contributed by atoms with Gasteiger partial charge in [-0.2, -0.15) is 0 Å². The summed E-state index contributed by atoms with van der Waals surface area (Å²) < 4.78 is 0. The van der Waals surface area contributed by atoms with E-state index in [1.807, 2.05) is 0 Å². The van der Waals surface area contributed by atoms with Crippen LogP contribution in [-0.4, -0.2) is 0 Å². The highest BCUT2D eigenvalue weighted by Crippen LogP contribution is 2.40. The van der Waals surface area contributed by atoms with E-state index in [-0.39, 0.29) is 0 Å². The van der Waals surface area contributed by atoms with Crippen LogP contribution in [0.5, 0.6) is 0 Å². The van der Waals surface area contributed by atoms with Crippen molar-refractivity contribution in [2.24, 2.45) is 0 Å². The maximum absolute atomic E-state index is 2.49. The van der Waals surface area contributed by atoms with Crippen LogP contribution in [0.2, 0.25) is 0 Å². The molecule has 0 heteroatoms. The molecule has 0 aliphatic heterocycles. The summed E-state index contributed by atoms with van der Waals surface area (Å²) in [4.78, 5) is 0. The average molecular weight is 235 g/mol. The highest BCUT2D eigenvalue weighted by molar-refractivity contribution is 5.27. The van der Waals surface area contributed by atoms with E-state index in [0.29, 0.717) is 5.92 Å². The van der Waals surface area contributed by atoms with Crippen LogP contribution < -0.4 is 0 Å². The minimum atomic E-state index is 0.630. The first-order valence-corrected chi connectivity index (χ1v) is 6.87. The van der Waals surface area contributed by atoms with Gasteiger partial charge in [-0.15, -0.1) is 0 Å². The van der Waals surface area contributed by atoms with Crippen molar-refractivity contribution in [2.45, 2.75) is 31.1 Å². The quantitative estimate of drug-likeness (QED) is 0.691. The Labute approximate surface area is 110 Å². The van der Waals surface area contributed by atoms with E-state index in [9.17, 15) is 0 Å². The Bertz CT molecular complexity index is 426. The molecule has 1 saturated carbocycles. The van der Waals surface area contributed by atoms with Crippen molar-refractivity contribution in [3.8, 4) is 0 Å². The molecule has 0 N–H and O–H groups in total. The Hall–Kier alpha value is -1.56. The Balaban J connectivity index is 1.77. The number of rotatable bonds is 2. The Morgan fingerprint density at radius 1 is 0.722 bits per heavy atom. The lowest BCUT2D eigenvalue weighted by molar-refractivity contribution is 0.467. The molecule has 1 aliphatic carbocycles. The summed E-state index contributed by atoms with van der Waals surface area (Å²) in [6, 6.07) is 21.9. The minimum absolute atomic E-state index is 0.630. The molecule has 0 spiro atoms. The normalized spacial score (nSPS) is 23.8. The zero-order chi connectivity index (χ0) is 12.2. The van der Waals surface area contributed by atoms with Crippen LogP contribution in [0.4, 0.5) is 0 Å². The summed E-state index contributed by atoms with van der Waals surface area (Å²) in [5, 5.41) is 0. The number of hydrogen-bond acceptors (Lipinski definition) is 0. The van der Waals surface area contributed by atoms with E-state index in [2.05, 4.69) is 67.1 Å². The Morgan fingerprint density at radius 3 is 2.00 bits per heavy atom. The summed E-state index contributed by atoms with van der Waals surface area (Å²) in [5.74, 6) is 1.35. The summed E-state index contributed by atoms with van der Waals surface area (Å²) in [6.45, 7) is 0. The molecule has 0 aromatic heterocycles. The number of benzene rings is 2. The molecular weight excluding hydrogens is 216 g/mol. The largest absolute Gasteiger partial charge is 0.0622 e. The van der Waals surface area contributed by atoms with Gasteiger partial charge in [0.1, 0.15) is 0 Å². The second-order valence-electron chi connectivity index (χ2n) is 5.17. The first-order valence-electron chi connectivity index (χ1n) is 6.87. The molecule has 0 bridgehead atoms. The Kier molecular flexibility index (Phi) is 3.45. The second-order valence-corrected chi connectivity index (χ2v) is 5.17. The van der Waals surface area contributed by atoms with Gasteiger partial charge in [0.25, 0.3) is 0 Å². The van der Waals surface area contributed by atoms with E-state index < -0.39 is 0 Å². The maximum Gasteiger partial charge on any atom is -0.0125 e. The molecule has 2 unspecified atom stereocenters. The first-order chi connectivity index (χ1) is 8.93. The molecule has 1 aliphatic rings. The molecule has 0 nitrogen and oxygen atoms in total. The lowest BCUT2D eigenvalue weighted by Gasteiger charge is -2.29. The minimum Gasteiger partial charge on any atom is -0.0622 e. The van der Waals surface area contributed by atoms with Crippen molar-refractivity contribution in [3.63, 3.8) is 0 Å². The van der Waals surface area contributed by atoms with Gasteiger partial charge in [0, 0.05) is 0 Å². The molecule has 1 radical (unpaired) electrons. The predicted octanol–water partition coefficient (Wildman–Crippen LogP) is 4.94. The van der Waals surface area contributed by atoms with E-state index >= 15 is 0 Å². The highest BCUT2D eigenvalue weighted by Gasteiger charge is 2.24. The van der Waals surface area contributed by atoms with Gasteiger partial charge >= 0.3 is 0 Å². The zero-order valence-corrected chi connectivity index (χ0v) is 10.6. The summed E-state index contributed by atoms with van der Waals surface area (Å²) in [6.07, 6.45) is 6.29. The summed E-state index contributed by atoms with van der Waals surface area (Å²) in [7, 11) is 0. The van der Waals surface area contributed by atoms with Crippen molar-refractivity contribution >= 4 is 0 Å². The molecule has 3 rings (SSSR count). The molecule has 1 fully saturated rings. The average Bonchev–Trinajstić information content (AvgIpc) is 2.49.